The molecule has 1 unspecified atom stereocenters. The first-order chi connectivity index (χ1) is 9.39. The highest BCUT2D eigenvalue weighted by atomic mass is 32.2. The number of hydrogen-bond acceptors (Lipinski definition) is 5. The zero-order chi connectivity index (χ0) is 15.2. The molecule has 0 aromatic heterocycles. The Morgan fingerprint density at radius 3 is 2.45 bits per heavy atom. The van der Waals surface area contributed by atoms with Gasteiger partial charge in [-0.3, -0.25) is 10.0 Å². The lowest BCUT2D eigenvalue weighted by molar-refractivity contribution is -0.130. The molecule has 0 spiro atoms. The van der Waals surface area contributed by atoms with E-state index in [1.54, 1.807) is 19.1 Å². The Kier molecular flexibility index (Phi) is 5.93. The number of sulfonamides is 1. The minimum Gasteiger partial charge on any atom is -0.497 e. The maximum atomic E-state index is 12.0. The summed E-state index contributed by atoms with van der Waals surface area (Å²) in [5, 5.41) is 8.39. The molecule has 20 heavy (non-hydrogen) atoms. The van der Waals surface area contributed by atoms with Crippen LogP contribution < -0.4 is 14.9 Å². The van der Waals surface area contributed by atoms with E-state index in [1.807, 2.05) is 0 Å². The molecule has 3 N–H and O–H groups in total. The van der Waals surface area contributed by atoms with E-state index < -0.39 is 15.9 Å². The van der Waals surface area contributed by atoms with E-state index in [2.05, 4.69) is 4.72 Å². The Morgan fingerprint density at radius 1 is 1.35 bits per heavy atom. The third kappa shape index (κ3) is 4.80. The van der Waals surface area contributed by atoms with Crippen molar-refractivity contribution in [3.05, 3.63) is 24.3 Å². The fourth-order valence-electron chi connectivity index (χ4n) is 1.52. The van der Waals surface area contributed by atoms with Gasteiger partial charge in [-0.05, 0) is 30.2 Å². The zero-order valence-corrected chi connectivity index (χ0v) is 12.1. The summed E-state index contributed by atoms with van der Waals surface area (Å²) < 4.78 is 31.3. The van der Waals surface area contributed by atoms with Gasteiger partial charge >= 0.3 is 0 Å². The van der Waals surface area contributed by atoms with Crippen molar-refractivity contribution in [3.8, 4) is 5.75 Å². The molecule has 7 nitrogen and oxygen atoms in total. The number of ether oxygens (including phenoxy) is 1. The normalized spacial score (nSPS) is 12.8. The first-order valence-corrected chi connectivity index (χ1v) is 7.44. The molecule has 0 saturated carbocycles. The van der Waals surface area contributed by atoms with Crippen LogP contribution in [0, 0.1) is 5.92 Å². The molecular formula is C12H18N2O5S. The zero-order valence-electron chi connectivity index (χ0n) is 11.3. The number of nitrogens with one attached hydrogen (secondary N) is 2. The molecule has 0 radical (unpaired) electrons. The lowest BCUT2D eigenvalue weighted by atomic mass is 10.1. The average Bonchev–Trinajstić information content (AvgIpc) is 2.45. The van der Waals surface area contributed by atoms with Crippen LogP contribution in [0.3, 0.4) is 0 Å². The van der Waals surface area contributed by atoms with Crippen LogP contribution in [0.5, 0.6) is 5.75 Å². The number of amides is 1. The molecule has 1 atom stereocenters. The van der Waals surface area contributed by atoms with Crippen LogP contribution in [0.4, 0.5) is 0 Å². The molecule has 0 heterocycles. The maximum absolute atomic E-state index is 12.0. The standard InChI is InChI=1S/C12H18N2O5S/c1-9(7-12(15)14-16)8-13-20(17,18)11-5-3-10(19-2)4-6-11/h3-6,9,13,16H,7-8H2,1-2H3,(H,14,15). The molecule has 1 aromatic rings. The van der Waals surface area contributed by atoms with Crippen LogP contribution in [0.1, 0.15) is 13.3 Å². The molecular weight excluding hydrogens is 284 g/mol. The van der Waals surface area contributed by atoms with Crippen molar-refractivity contribution in [1.29, 1.82) is 0 Å². The summed E-state index contributed by atoms with van der Waals surface area (Å²) in [5.41, 5.74) is 1.51. The highest BCUT2D eigenvalue weighted by molar-refractivity contribution is 7.89. The summed E-state index contributed by atoms with van der Waals surface area (Å²) >= 11 is 0. The molecule has 0 aliphatic rings. The lowest BCUT2D eigenvalue weighted by Gasteiger charge is -2.12. The van der Waals surface area contributed by atoms with Crippen molar-refractivity contribution in [2.45, 2.75) is 18.2 Å². The second-order valence-electron chi connectivity index (χ2n) is 4.37. The Hall–Kier alpha value is -1.64. The van der Waals surface area contributed by atoms with Gasteiger partial charge in [0, 0.05) is 13.0 Å². The van der Waals surface area contributed by atoms with Crippen molar-refractivity contribution < 1.29 is 23.2 Å². The average molecular weight is 302 g/mol. The number of carbonyl (C=O) groups is 1. The van der Waals surface area contributed by atoms with E-state index in [0.717, 1.165) is 0 Å². The minimum atomic E-state index is -3.62. The predicted octanol–water partition coefficient (Wildman–Crippen LogP) is 0.505. The highest BCUT2D eigenvalue weighted by Crippen LogP contribution is 2.15. The molecule has 0 saturated heterocycles. The first kappa shape index (κ1) is 16.4. The number of benzene rings is 1. The van der Waals surface area contributed by atoms with Gasteiger partial charge in [0.15, 0.2) is 0 Å². The second-order valence-corrected chi connectivity index (χ2v) is 6.14. The maximum Gasteiger partial charge on any atom is 0.243 e. The van der Waals surface area contributed by atoms with Crippen LogP contribution in [0.25, 0.3) is 0 Å². The molecule has 0 aliphatic carbocycles. The van der Waals surface area contributed by atoms with Crippen LogP contribution in [0.2, 0.25) is 0 Å². The van der Waals surface area contributed by atoms with Crippen LogP contribution in [-0.4, -0.2) is 33.2 Å². The van der Waals surface area contributed by atoms with Gasteiger partial charge in [0.1, 0.15) is 5.75 Å². The SMILES string of the molecule is COc1ccc(S(=O)(=O)NCC(C)CC(=O)NO)cc1. The van der Waals surface area contributed by atoms with E-state index in [0.29, 0.717) is 5.75 Å². The summed E-state index contributed by atoms with van der Waals surface area (Å²) in [6.07, 6.45) is 0.0294. The summed E-state index contributed by atoms with van der Waals surface area (Å²) in [6, 6.07) is 5.98. The van der Waals surface area contributed by atoms with E-state index in [9.17, 15) is 13.2 Å². The Balaban J connectivity index is 2.63. The van der Waals surface area contributed by atoms with Gasteiger partial charge in [-0.1, -0.05) is 6.92 Å². The fraction of sp³-hybridized carbons (Fsp3) is 0.417. The molecule has 112 valence electrons. The molecule has 1 rings (SSSR count). The van der Waals surface area contributed by atoms with Gasteiger partial charge in [0.05, 0.1) is 12.0 Å². The van der Waals surface area contributed by atoms with Crippen molar-refractivity contribution >= 4 is 15.9 Å². The molecule has 8 heteroatoms. The molecule has 0 fully saturated rings. The highest BCUT2D eigenvalue weighted by Gasteiger charge is 2.16. The van der Waals surface area contributed by atoms with Gasteiger partial charge < -0.3 is 4.74 Å². The molecule has 1 amide bonds. The van der Waals surface area contributed by atoms with Gasteiger partial charge in [-0.25, -0.2) is 18.6 Å². The smallest absolute Gasteiger partial charge is 0.243 e. The van der Waals surface area contributed by atoms with Crippen LogP contribution in [-0.2, 0) is 14.8 Å². The van der Waals surface area contributed by atoms with E-state index in [1.165, 1.54) is 24.7 Å². The summed E-state index contributed by atoms with van der Waals surface area (Å²) in [4.78, 5) is 11.1. The number of hydrogen-bond donors (Lipinski definition) is 3. The number of carbonyl (C=O) groups excluding carboxylic acids is 1. The number of methoxy groups -OCH3 is 1. The molecule has 0 aliphatic heterocycles. The summed E-state index contributed by atoms with van der Waals surface area (Å²) in [6.45, 7) is 1.80. The van der Waals surface area contributed by atoms with Crippen LogP contribution in [0.15, 0.2) is 29.2 Å². The lowest BCUT2D eigenvalue weighted by Crippen LogP contribution is -2.31. The summed E-state index contributed by atoms with van der Waals surface area (Å²) in [7, 11) is -2.13. The third-order valence-electron chi connectivity index (χ3n) is 2.65. The Bertz CT molecular complexity index is 541. The van der Waals surface area contributed by atoms with Crippen molar-refractivity contribution in [1.82, 2.24) is 10.2 Å². The van der Waals surface area contributed by atoms with E-state index >= 15 is 0 Å². The quantitative estimate of drug-likeness (QED) is 0.502. The van der Waals surface area contributed by atoms with E-state index in [-0.39, 0.29) is 23.8 Å². The summed E-state index contributed by atoms with van der Waals surface area (Å²) in [5.74, 6) is -0.228. The third-order valence-corrected chi connectivity index (χ3v) is 4.09. The van der Waals surface area contributed by atoms with Gasteiger partial charge in [0.2, 0.25) is 15.9 Å². The molecule has 0 bridgehead atoms. The Morgan fingerprint density at radius 2 is 1.95 bits per heavy atom. The largest absolute Gasteiger partial charge is 0.497 e. The minimum absolute atomic E-state index is 0.0294. The van der Waals surface area contributed by atoms with E-state index in [4.69, 9.17) is 9.94 Å². The fourth-order valence-corrected chi connectivity index (χ4v) is 2.69. The number of hydroxylamine groups is 1. The first-order valence-electron chi connectivity index (χ1n) is 5.95. The topological polar surface area (TPSA) is 105 Å². The second kappa shape index (κ2) is 7.22. The van der Waals surface area contributed by atoms with Gasteiger partial charge in [-0.2, -0.15) is 0 Å². The predicted molar refractivity (Wildman–Crippen MR) is 71.9 cm³/mol. The van der Waals surface area contributed by atoms with Gasteiger partial charge in [-0.15, -0.1) is 0 Å². The van der Waals surface area contributed by atoms with Crippen LogP contribution >= 0.6 is 0 Å². The molecule has 1 aromatic carbocycles. The van der Waals surface area contributed by atoms with Gasteiger partial charge in [0.25, 0.3) is 0 Å². The van der Waals surface area contributed by atoms with Crippen molar-refractivity contribution in [3.63, 3.8) is 0 Å². The van der Waals surface area contributed by atoms with Crippen molar-refractivity contribution in [2.24, 2.45) is 5.92 Å². The number of rotatable bonds is 7. The van der Waals surface area contributed by atoms with Crippen molar-refractivity contribution in [2.75, 3.05) is 13.7 Å². The Labute approximate surface area is 118 Å². The monoisotopic (exact) mass is 302 g/mol.